The van der Waals surface area contributed by atoms with E-state index in [1.807, 2.05) is 11.8 Å². The van der Waals surface area contributed by atoms with Crippen molar-refractivity contribution in [1.29, 1.82) is 0 Å². The first kappa shape index (κ1) is 20.4. The second-order valence-corrected chi connectivity index (χ2v) is 10.3. The van der Waals surface area contributed by atoms with Crippen LogP contribution in [0.2, 0.25) is 0 Å². The van der Waals surface area contributed by atoms with Crippen molar-refractivity contribution >= 4 is 26.9 Å². The van der Waals surface area contributed by atoms with Gasteiger partial charge >= 0.3 is 0 Å². The second kappa shape index (κ2) is 7.74. The van der Waals surface area contributed by atoms with Gasteiger partial charge in [0.2, 0.25) is 10.0 Å². The molecule has 2 saturated heterocycles. The number of ether oxygens (including phenoxy) is 1. The van der Waals surface area contributed by atoms with Gasteiger partial charge in [-0.3, -0.25) is 4.79 Å². The molecule has 4 rings (SSSR count). The highest BCUT2D eigenvalue weighted by molar-refractivity contribution is 7.89. The van der Waals surface area contributed by atoms with Crippen LogP contribution in [0, 0.1) is 18.8 Å². The number of fused-ring (bicyclic) bond motifs is 1. The molecule has 0 saturated carbocycles. The van der Waals surface area contributed by atoms with Crippen molar-refractivity contribution in [2.75, 3.05) is 39.4 Å². The number of rotatable bonds is 3. The van der Waals surface area contributed by atoms with Crippen LogP contribution < -0.4 is 0 Å². The standard InChI is InChI=1S/C21H28N2O5S/c1-14-10-15(2)13-22(12-14)21(24)20-16(3)18-11-17(4-5-19(18)28-20)29(25,26)23-6-8-27-9-7-23/h4-5,11,14-15H,6-10,12-13H2,1-3H3. The van der Waals surface area contributed by atoms with Crippen molar-refractivity contribution in [3.05, 3.63) is 29.5 Å². The highest BCUT2D eigenvalue weighted by atomic mass is 32.2. The molecule has 0 spiro atoms. The van der Waals surface area contributed by atoms with Gasteiger partial charge < -0.3 is 14.1 Å². The molecule has 0 bridgehead atoms. The molecule has 1 aromatic carbocycles. The maximum Gasteiger partial charge on any atom is 0.289 e. The third-order valence-electron chi connectivity index (χ3n) is 5.87. The zero-order valence-corrected chi connectivity index (χ0v) is 18.0. The summed E-state index contributed by atoms with van der Waals surface area (Å²) in [6, 6.07) is 4.82. The van der Waals surface area contributed by atoms with Crippen LogP contribution in [0.4, 0.5) is 0 Å². The number of aryl methyl sites for hydroxylation is 1. The van der Waals surface area contributed by atoms with E-state index in [1.54, 1.807) is 18.2 Å². The lowest BCUT2D eigenvalue weighted by atomic mass is 9.91. The molecule has 2 unspecified atom stereocenters. The predicted octanol–water partition coefficient (Wildman–Crippen LogP) is 2.88. The van der Waals surface area contributed by atoms with E-state index in [0.717, 1.165) is 19.5 Å². The van der Waals surface area contributed by atoms with Crippen molar-refractivity contribution in [2.24, 2.45) is 11.8 Å². The summed E-state index contributed by atoms with van der Waals surface area (Å²) in [7, 11) is -3.60. The number of amides is 1. The van der Waals surface area contributed by atoms with E-state index in [4.69, 9.17) is 9.15 Å². The Morgan fingerprint density at radius 1 is 1.10 bits per heavy atom. The minimum absolute atomic E-state index is 0.116. The molecule has 29 heavy (non-hydrogen) atoms. The molecule has 158 valence electrons. The number of morpholine rings is 1. The zero-order valence-electron chi connectivity index (χ0n) is 17.2. The van der Waals surface area contributed by atoms with E-state index in [0.29, 0.717) is 60.4 Å². The molecule has 1 aromatic heterocycles. The highest BCUT2D eigenvalue weighted by Gasteiger charge is 2.31. The molecule has 2 aliphatic rings. The Hall–Kier alpha value is -1.90. The normalized spacial score (nSPS) is 24.2. The number of hydrogen-bond donors (Lipinski definition) is 0. The van der Waals surface area contributed by atoms with E-state index < -0.39 is 10.0 Å². The maximum atomic E-state index is 13.1. The topological polar surface area (TPSA) is 80.1 Å². The largest absolute Gasteiger partial charge is 0.451 e. The van der Waals surface area contributed by atoms with Crippen LogP contribution in [0.15, 0.2) is 27.5 Å². The first-order valence-electron chi connectivity index (χ1n) is 10.2. The maximum absolute atomic E-state index is 13.1. The number of hydrogen-bond acceptors (Lipinski definition) is 5. The van der Waals surface area contributed by atoms with Crippen molar-refractivity contribution in [3.8, 4) is 0 Å². The molecule has 3 heterocycles. The summed E-state index contributed by atoms with van der Waals surface area (Å²) in [6.07, 6.45) is 1.12. The van der Waals surface area contributed by atoms with Crippen molar-refractivity contribution in [3.63, 3.8) is 0 Å². The molecular weight excluding hydrogens is 392 g/mol. The lowest BCUT2D eigenvalue weighted by Crippen LogP contribution is -2.42. The summed E-state index contributed by atoms with van der Waals surface area (Å²) in [5, 5.41) is 0.667. The molecule has 0 radical (unpaired) electrons. The van der Waals surface area contributed by atoms with Crippen LogP contribution in [0.1, 0.15) is 36.4 Å². The summed E-state index contributed by atoms with van der Waals surface area (Å²) in [4.78, 5) is 15.2. The highest BCUT2D eigenvalue weighted by Crippen LogP contribution is 2.31. The zero-order chi connectivity index (χ0) is 20.8. The van der Waals surface area contributed by atoms with Crippen LogP contribution in [0.3, 0.4) is 0 Å². The SMILES string of the molecule is Cc1c(C(=O)N2CC(C)CC(C)C2)oc2ccc(S(=O)(=O)N3CCOCC3)cc12. The Labute approximate surface area is 171 Å². The Kier molecular flexibility index (Phi) is 5.44. The Morgan fingerprint density at radius 2 is 1.76 bits per heavy atom. The van der Waals surface area contributed by atoms with Gasteiger partial charge in [0.25, 0.3) is 5.91 Å². The average Bonchev–Trinajstić information content (AvgIpc) is 3.03. The van der Waals surface area contributed by atoms with Gasteiger partial charge in [-0.15, -0.1) is 0 Å². The second-order valence-electron chi connectivity index (χ2n) is 8.39. The first-order valence-corrected chi connectivity index (χ1v) is 11.6. The minimum atomic E-state index is -3.60. The predicted molar refractivity (Wildman–Crippen MR) is 109 cm³/mol. The fraction of sp³-hybridized carbons (Fsp3) is 0.571. The van der Waals surface area contributed by atoms with Gasteiger partial charge in [0, 0.05) is 37.1 Å². The number of benzene rings is 1. The fourth-order valence-electron chi connectivity index (χ4n) is 4.47. The minimum Gasteiger partial charge on any atom is -0.451 e. The number of likely N-dealkylation sites (tertiary alicyclic amines) is 1. The van der Waals surface area contributed by atoms with Gasteiger partial charge in [-0.2, -0.15) is 4.31 Å². The van der Waals surface area contributed by atoms with Crippen molar-refractivity contribution in [1.82, 2.24) is 9.21 Å². The molecule has 7 nitrogen and oxygen atoms in total. The van der Waals surface area contributed by atoms with Crippen LogP contribution in [-0.2, 0) is 14.8 Å². The molecule has 8 heteroatoms. The molecule has 2 atom stereocenters. The number of furan rings is 1. The summed E-state index contributed by atoms with van der Waals surface area (Å²) in [5.41, 5.74) is 1.22. The van der Waals surface area contributed by atoms with Crippen LogP contribution in [0.25, 0.3) is 11.0 Å². The molecule has 2 aromatic rings. The van der Waals surface area contributed by atoms with Crippen molar-refractivity contribution < 1.29 is 22.4 Å². The average molecular weight is 421 g/mol. The molecule has 2 fully saturated rings. The van der Waals surface area contributed by atoms with Gasteiger partial charge in [-0.25, -0.2) is 8.42 Å². The Bertz CT molecular complexity index is 1010. The van der Waals surface area contributed by atoms with Gasteiger partial charge in [0.1, 0.15) is 5.58 Å². The lowest BCUT2D eigenvalue weighted by molar-refractivity contribution is 0.0593. The summed E-state index contributed by atoms with van der Waals surface area (Å²) >= 11 is 0. The molecule has 0 aliphatic carbocycles. The van der Waals surface area contributed by atoms with E-state index >= 15 is 0 Å². The summed E-state index contributed by atoms with van der Waals surface area (Å²) in [5.74, 6) is 1.10. The van der Waals surface area contributed by atoms with Gasteiger partial charge in [0.05, 0.1) is 18.1 Å². The first-order chi connectivity index (χ1) is 13.8. The van der Waals surface area contributed by atoms with Crippen LogP contribution in [0.5, 0.6) is 0 Å². The molecular formula is C21H28N2O5S. The third-order valence-corrected chi connectivity index (χ3v) is 7.76. The fourth-order valence-corrected chi connectivity index (χ4v) is 5.91. The number of carbonyl (C=O) groups is 1. The number of carbonyl (C=O) groups excluding carboxylic acids is 1. The monoisotopic (exact) mass is 420 g/mol. The van der Waals surface area contributed by atoms with E-state index in [1.165, 1.54) is 4.31 Å². The van der Waals surface area contributed by atoms with Crippen LogP contribution >= 0.6 is 0 Å². The smallest absolute Gasteiger partial charge is 0.289 e. The van der Waals surface area contributed by atoms with Crippen molar-refractivity contribution in [2.45, 2.75) is 32.1 Å². The Balaban J connectivity index is 1.67. The van der Waals surface area contributed by atoms with Gasteiger partial charge in [-0.05, 0) is 43.4 Å². The van der Waals surface area contributed by atoms with Gasteiger partial charge in [-0.1, -0.05) is 13.8 Å². The van der Waals surface area contributed by atoms with Gasteiger partial charge in [0.15, 0.2) is 5.76 Å². The van der Waals surface area contributed by atoms with E-state index in [2.05, 4.69) is 13.8 Å². The number of sulfonamides is 1. The third kappa shape index (κ3) is 3.81. The van der Waals surface area contributed by atoms with Crippen LogP contribution in [-0.4, -0.2) is 62.9 Å². The number of nitrogens with zero attached hydrogens (tertiary/aromatic N) is 2. The quantitative estimate of drug-likeness (QED) is 0.763. The number of piperidine rings is 1. The molecule has 2 aliphatic heterocycles. The molecule has 0 N–H and O–H groups in total. The van der Waals surface area contributed by atoms with E-state index in [-0.39, 0.29) is 10.8 Å². The lowest BCUT2D eigenvalue weighted by Gasteiger charge is -2.34. The van der Waals surface area contributed by atoms with E-state index in [9.17, 15) is 13.2 Å². The summed E-state index contributed by atoms with van der Waals surface area (Å²) < 4.78 is 38.5. The molecule has 1 amide bonds. The summed E-state index contributed by atoms with van der Waals surface area (Å²) in [6.45, 7) is 9.07. The Morgan fingerprint density at radius 3 is 2.41 bits per heavy atom.